The van der Waals surface area contributed by atoms with Crippen molar-refractivity contribution < 1.29 is 23.5 Å². The minimum absolute atomic E-state index is 0.00252. The van der Waals surface area contributed by atoms with Gasteiger partial charge in [0.25, 0.3) is 11.8 Å². The Balaban J connectivity index is 1.64. The van der Waals surface area contributed by atoms with Gasteiger partial charge in [0, 0.05) is 35.3 Å². The number of carbonyl (C=O) groups is 3. The predicted molar refractivity (Wildman–Crippen MR) is 119 cm³/mol. The Labute approximate surface area is 184 Å². The number of nitrogens with one attached hydrogen (secondary N) is 1. The molecule has 0 saturated carbocycles. The van der Waals surface area contributed by atoms with Gasteiger partial charge in [-0.15, -0.1) is 0 Å². The number of halogens is 1. The zero-order chi connectivity index (χ0) is 22.5. The number of hydrogen-bond acceptors (Lipinski definition) is 5. The first kappa shape index (κ1) is 22.4. The number of ether oxygens (including phenoxy) is 1. The van der Waals surface area contributed by atoms with Crippen molar-refractivity contribution in [2.75, 3.05) is 25.0 Å². The Morgan fingerprint density at radius 1 is 1.10 bits per heavy atom. The summed E-state index contributed by atoms with van der Waals surface area (Å²) in [7, 11) is 0. The van der Waals surface area contributed by atoms with Gasteiger partial charge in [0.1, 0.15) is 0 Å². The largest absolute Gasteiger partial charge is 0.450 e. The van der Waals surface area contributed by atoms with E-state index in [1.54, 1.807) is 54.3 Å². The van der Waals surface area contributed by atoms with Crippen LogP contribution in [0.2, 0.25) is 5.02 Å². The first-order valence-electron chi connectivity index (χ1n) is 9.89. The van der Waals surface area contributed by atoms with Crippen molar-refractivity contribution >= 4 is 46.0 Å². The quantitative estimate of drug-likeness (QED) is 0.537. The van der Waals surface area contributed by atoms with Gasteiger partial charge in [0.15, 0.2) is 12.2 Å². The van der Waals surface area contributed by atoms with Gasteiger partial charge < -0.3 is 19.4 Å². The Kier molecular flexibility index (Phi) is 6.97. The fraction of sp³-hybridized carbons (Fsp3) is 0.261. The highest BCUT2D eigenvalue weighted by Gasteiger charge is 2.21. The topological polar surface area (TPSA) is 88.9 Å². The maximum Gasteiger partial charge on any atom is 0.375 e. The van der Waals surface area contributed by atoms with Gasteiger partial charge in [0.2, 0.25) is 5.76 Å². The molecule has 1 aromatic heterocycles. The molecule has 0 saturated heterocycles. The zero-order valence-corrected chi connectivity index (χ0v) is 18.3. The molecule has 0 atom stereocenters. The molecule has 8 heteroatoms. The molecule has 31 heavy (non-hydrogen) atoms. The van der Waals surface area contributed by atoms with E-state index in [-0.39, 0.29) is 11.7 Å². The fourth-order valence-corrected chi connectivity index (χ4v) is 3.43. The smallest absolute Gasteiger partial charge is 0.375 e. The first-order chi connectivity index (χ1) is 14.8. The second-order valence-corrected chi connectivity index (χ2v) is 7.26. The molecule has 0 radical (unpaired) electrons. The standard InChI is InChI=1S/C23H23ClN2O5/c1-4-26(5-2)22(28)15-8-6-9-16(12-15)25-19(27)13-30-23(29)20-14(3)17-10-7-11-18(24)21(17)31-20/h6-12H,4-5,13H2,1-3H3,(H,25,27). The van der Waals surface area contributed by atoms with Crippen LogP contribution in [0.25, 0.3) is 11.0 Å². The fourth-order valence-electron chi connectivity index (χ4n) is 3.22. The maximum absolute atomic E-state index is 12.5. The van der Waals surface area contributed by atoms with E-state index >= 15 is 0 Å². The van der Waals surface area contributed by atoms with Crippen LogP contribution < -0.4 is 5.32 Å². The van der Waals surface area contributed by atoms with Crippen LogP contribution >= 0.6 is 11.6 Å². The number of rotatable bonds is 7. The van der Waals surface area contributed by atoms with Crippen molar-refractivity contribution in [2.45, 2.75) is 20.8 Å². The number of carbonyl (C=O) groups excluding carboxylic acids is 3. The molecular weight excluding hydrogens is 420 g/mol. The van der Waals surface area contributed by atoms with E-state index in [9.17, 15) is 14.4 Å². The lowest BCUT2D eigenvalue weighted by Gasteiger charge is -2.19. The lowest BCUT2D eigenvalue weighted by atomic mass is 10.1. The van der Waals surface area contributed by atoms with Gasteiger partial charge in [-0.1, -0.05) is 29.8 Å². The molecule has 0 fully saturated rings. The number of benzene rings is 2. The van der Waals surface area contributed by atoms with E-state index in [0.29, 0.717) is 45.9 Å². The van der Waals surface area contributed by atoms with Crippen LogP contribution in [0.15, 0.2) is 46.9 Å². The molecule has 3 aromatic rings. The molecule has 0 spiro atoms. The van der Waals surface area contributed by atoms with Gasteiger partial charge in [-0.25, -0.2) is 4.79 Å². The summed E-state index contributed by atoms with van der Waals surface area (Å²) in [6, 6.07) is 11.8. The molecule has 1 heterocycles. The van der Waals surface area contributed by atoms with Crippen molar-refractivity contribution in [1.29, 1.82) is 0 Å². The number of hydrogen-bond donors (Lipinski definition) is 1. The number of amides is 2. The van der Waals surface area contributed by atoms with Gasteiger partial charge in [-0.2, -0.15) is 0 Å². The van der Waals surface area contributed by atoms with Gasteiger partial charge >= 0.3 is 5.97 Å². The van der Waals surface area contributed by atoms with E-state index in [2.05, 4.69) is 5.32 Å². The summed E-state index contributed by atoms with van der Waals surface area (Å²) in [5.41, 5.74) is 1.89. The molecule has 2 aromatic carbocycles. The number of anilines is 1. The SMILES string of the molecule is CCN(CC)C(=O)c1cccc(NC(=O)COC(=O)c2oc3c(Cl)cccc3c2C)c1. The zero-order valence-electron chi connectivity index (χ0n) is 17.5. The second-order valence-electron chi connectivity index (χ2n) is 6.86. The molecule has 0 unspecified atom stereocenters. The molecule has 0 aliphatic rings. The lowest BCUT2D eigenvalue weighted by molar-refractivity contribution is -0.119. The average Bonchev–Trinajstić information content (AvgIpc) is 3.11. The first-order valence-corrected chi connectivity index (χ1v) is 10.3. The highest BCUT2D eigenvalue weighted by atomic mass is 35.5. The van der Waals surface area contributed by atoms with Gasteiger partial charge in [-0.3, -0.25) is 9.59 Å². The monoisotopic (exact) mass is 442 g/mol. The number of esters is 1. The number of nitrogens with zero attached hydrogens (tertiary/aromatic N) is 1. The molecule has 3 rings (SSSR count). The summed E-state index contributed by atoms with van der Waals surface area (Å²) in [4.78, 5) is 38.8. The minimum Gasteiger partial charge on any atom is -0.450 e. The molecule has 162 valence electrons. The predicted octanol–water partition coefficient (Wildman–Crippen LogP) is 4.67. The number of para-hydroxylation sites is 1. The average molecular weight is 443 g/mol. The summed E-state index contributed by atoms with van der Waals surface area (Å²) in [6.45, 7) is 6.20. The Morgan fingerprint density at radius 3 is 2.48 bits per heavy atom. The number of aryl methyl sites for hydroxylation is 1. The second kappa shape index (κ2) is 9.66. The minimum atomic E-state index is -0.759. The van der Waals surface area contributed by atoms with Crippen LogP contribution in [0.3, 0.4) is 0 Å². The summed E-state index contributed by atoms with van der Waals surface area (Å²) in [6.07, 6.45) is 0. The maximum atomic E-state index is 12.5. The van der Waals surface area contributed by atoms with Crippen LogP contribution in [0.4, 0.5) is 5.69 Å². The van der Waals surface area contributed by atoms with E-state index in [1.165, 1.54) is 0 Å². The highest BCUT2D eigenvalue weighted by molar-refractivity contribution is 6.35. The summed E-state index contributed by atoms with van der Waals surface area (Å²) in [5, 5.41) is 3.72. The molecule has 2 amide bonds. The van der Waals surface area contributed by atoms with Crippen molar-refractivity contribution in [3.05, 3.63) is 64.4 Å². The Hall–Kier alpha value is -3.32. The number of furan rings is 1. The molecule has 7 nitrogen and oxygen atoms in total. The molecular formula is C23H23ClN2O5. The summed E-state index contributed by atoms with van der Waals surface area (Å²) < 4.78 is 10.6. The van der Waals surface area contributed by atoms with E-state index < -0.39 is 18.5 Å². The van der Waals surface area contributed by atoms with Crippen molar-refractivity contribution in [3.63, 3.8) is 0 Å². The molecule has 0 aliphatic heterocycles. The molecule has 0 bridgehead atoms. The van der Waals surface area contributed by atoms with Gasteiger partial charge in [0.05, 0.1) is 5.02 Å². The van der Waals surface area contributed by atoms with Crippen molar-refractivity contribution in [3.8, 4) is 0 Å². The molecule has 0 aliphatic carbocycles. The Morgan fingerprint density at radius 2 is 1.81 bits per heavy atom. The Bertz CT molecular complexity index is 1130. The van der Waals surface area contributed by atoms with E-state index in [1.807, 2.05) is 13.8 Å². The van der Waals surface area contributed by atoms with Crippen molar-refractivity contribution in [1.82, 2.24) is 4.90 Å². The van der Waals surface area contributed by atoms with Crippen LogP contribution in [0, 0.1) is 6.92 Å². The summed E-state index contributed by atoms with van der Waals surface area (Å²) >= 11 is 6.10. The van der Waals surface area contributed by atoms with Crippen LogP contribution in [0.1, 0.15) is 40.3 Å². The van der Waals surface area contributed by atoms with Crippen LogP contribution in [-0.2, 0) is 9.53 Å². The lowest BCUT2D eigenvalue weighted by Crippen LogP contribution is -2.30. The van der Waals surface area contributed by atoms with Gasteiger partial charge in [-0.05, 0) is 45.0 Å². The van der Waals surface area contributed by atoms with E-state index in [0.717, 1.165) is 0 Å². The normalized spacial score (nSPS) is 10.7. The third-order valence-corrected chi connectivity index (χ3v) is 5.18. The van der Waals surface area contributed by atoms with Crippen molar-refractivity contribution in [2.24, 2.45) is 0 Å². The highest BCUT2D eigenvalue weighted by Crippen LogP contribution is 2.31. The third-order valence-electron chi connectivity index (χ3n) is 4.88. The summed E-state index contributed by atoms with van der Waals surface area (Å²) in [5.74, 6) is -1.41. The number of fused-ring (bicyclic) bond motifs is 1. The van der Waals surface area contributed by atoms with Crippen LogP contribution in [-0.4, -0.2) is 42.4 Å². The van der Waals surface area contributed by atoms with E-state index in [4.69, 9.17) is 20.8 Å². The van der Waals surface area contributed by atoms with Crippen LogP contribution in [0.5, 0.6) is 0 Å². The molecule has 1 N–H and O–H groups in total. The third kappa shape index (κ3) is 4.88.